The Labute approximate surface area is 151 Å². The molecule has 2 aromatic carbocycles. The molecule has 0 spiro atoms. The highest BCUT2D eigenvalue weighted by atomic mass is 32.2. The Morgan fingerprint density at radius 2 is 1.76 bits per heavy atom. The Bertz CT molecular complexity index is 783. The van der Waals surface area contributed by atoms with Gasteiger partial charge in [0.05, 0.1) is 12.9 Å². The van der Waals surface area contributed by atoms with E-state index >= 15 is 0 Å². The maximum Gasteiger partial charge on any atom is 0.216 e. The van der Waals surface area contributed by atoms with Gasteiger partial charge in [0.25, 0.3) is 0 Å². The summed E-state index contributed by atoms with van der Waals surface area (Å²) in [4.78, 5) is 0. The van der Waals surface area contributed by atoms with Gasteiger partial charge in [-0.15, -0.1) is 0 Å². The van der Waals surface area contributed by atoms with E-state index in [0.29, 0.717) is 5.92 Å². The number of methoxy groups -OCH3 is 1. The number of rotatable bonds is 8. The van der Waals surface area contributed by atoms with Gasteiger partial charge in [0.1, 0.15) is 5.75 Å². The molecule has 1 unspecified atom stereocenters. The van der Waals surface area contributed by atoms with E-state index in [-0.39, 0.29) is 11.8 Å². The summed E-state index contributed by atoms with van der Waals surface area (Å²) in [5, 5.41) is 0. The van der Waals surface area contributed by atoms with Gasteiger partial charge in [-0.05, 0) is 42.5 Å². The third kappa shape index (κ3) is 6.18. The van der Waals surface area contributed by atoms with Gasteiger partial charge < -0.3 is 4.74 Å². The van der Waals surface area contributed by atoms with Crippen molar-refractivity contribution in [3.05, 3.63) is 65.2 Å². The monoisotopic (exact) mass is 361 g/mol. The maximum atomic E-state index is 12.7. The van der Waals surface area contributed by atoms with Crippen LogP contribution in [0.2, 0.25) is 0 Å². The lowest BCUT2D eigenvalue weighted by molar-refractivity contribution is 0.414. The van der Waals surface area contributed by atoms with Gasteiger partial charge in [-0.1, -0.05) is 55.8 Å². The van der Waals surface area contributed by atoms with Crippen molar-refractivity contribution < 1.29 is 13.2 Å². The van der Waals surface area contributed by atoms with Crippen molar-refractivity contribution in [3.8, 4) is 5.75 Å². The second kappa shape index (κ2) is 8.50. The normalized spacial score (nSPS) is 13.0. The first kappa shape index (κ1) is 19.5. The Kier molecular flexibility index (Phi) is 6.62. The fourth-order valence-electron chi connectivity index (χ4n) is 2.84. The molecule has 136 valence electrons. The maximum absolute atomic E-state index is 12.7. The third-order valence-electron chi connectivity index (χ3n) is 3.99. The summed E-state index contributed by atoms with van der Waals surface area (Å²) in [7, 11) is -1.83. The highest BCUT2D eigenvalue weighted by molar-refractivity contribution is 7.88. The number of benzene rings is 2. The molecule has 0 saturated carbocycles. The lowest BCUT2D eigenvalue weighted by Gasteiger charge is -2.21. The Hall–Kier alpha value is -1.85. The Balaban J connectivity index is 2.19. The summed E-state index contributed by atoms with van der Waals surface area (Å²) in [6, 6.07) is 14.9. The molecular weight excluding hydrogens is 334 g/mol. The van der Waals surface area contributed by atoms with Crippen molar-refractivity contribution in [1.82, 2.24) is 4.72 Å². The predicted molar refractivity (Wildman–Crippen MR) is 102 cm³/mol. The largest absolute Gasteiger partial charge is 0.497 e. The Morgan fingerprint density at radius 3 is 2.32 bits per heavy atom. The van der Waals surface area contributed by atoms with Crippen LogP contribution >= 0.6 is 0 Å². The van der Waals surface area contributed by atoms with Crippen LogP contribution < -0.4 is 9.46 Å². The van der Waals surface area contributed by atoms with Gasteiger partial charge in [-0.3, -0.25) is 0 Å². The van der Waals surface area contributed by atoms with Crippen molar-refractivity contribution in [3.63, 3.8) is 0 Å². The van der Waals surface area contributed by atoms with E-state index in [0.717, 1.165) is 28.9 Å². The summed E-state index contributed by atoms with van der Waals surface area (Å²) in [5.41, 5.74) is 2.80. The van der Waals surface area contributed by atoms with E-state index in [9.17, 15) is 8.42 Å². The summed E-state index contributed by atoms with van der Waals surface area (Å²) in [6.07, 6.45) is 0.735. The van der Waals surface area contributed by atoms with Crippen molar-refractivity contribution >= 4 is 10.0 Å². The van der Waals surface area contributed by atoms with Crippen molar-refractivity contribution in [2.45, 2.75) is 39.0 Å². The topological polar surface area (TPSA) is 55.4 Å². The fraction of sp³-hybridized carbons (Fsp3) is 0.400. The highest BCUT2D eigenvalue weighted by Crippen LogP contribution is 2.25. The molecule has 4 nitrogen and oxygen atoms in total. The van der Waals surface area contributed by atoms with E-state index in [1.54, 1.807) is 7.11 Å². The number of hydrogen-bond donors (Lipinski definition) is 1. The van der Waals surface area contributed by atoms with Crippen LogP contribution in [0.1, 0.15) is 43.0 Å². The molecule has 0 aliphatic carbocycles. The molecule has 0 aliphatic rings. The van der Waals surface area contributed by atoms with Crippen LogP contribution in [0.25, 0.3) is 0 Å². The fourth-order valence-corrected chi connectivity index (χ4v) is 4.21. The molecule has 2 aromatic rings. The third-order valence-corrected chi connectivity index (χ3v) is 5.34. The van der Waals surface area contributed by atoms with Crippen molar-refractivity contribution in [2.75, 3.05) is 7.11 Å². The second-order valence-corrected chi connectivity index (χ2v) is 8.58. The summed E-state index contributed by atoms with van der Waals surface area (Å²) in [5.74, 6) is 1.11. The SMILES string of the molecule is COc1ccc(C(CC(C)C)NS(=O)(=O)Cc2cccc(C)c2)cc1. The molecule has 0 heterocycles. The van der Waals surface area contributed by atoms with E-state index in [1.807, 2.05) is 55.5 Å². The van der Waals surface area contributed by atoms with Gasteiger partial charge in [-0.25, -0.2) is 13.1 Å². The Morgan fingerprint density at radius 1 is 1.08 bits per heavy atom. The van der Waals surface area contributed by atoms with Gasteiger partial charge in [0.2, 0.25) is 10.0 Å². The number of hydrogen-bond acceptors (Lipinski definition) is 3. The second-order valence-electron chi connectivity index (χ2n) is 6.82. The number of aryl methyl sites for hydroxylation is 1. The van der Waals surface area contributed by atoms with Crippen LogP contribution in [0.3, 0.4) is 0 Å². The van der Waals surface area contributed by atoms with Gasteiger partial charge >= 0.3 is 0 Å². The summed E-state index contributed by atoms with van der Waals surface area (Å²) < 4.78 is 33.4. The first-order valence-electron chi connectivity index (χ1n) is 8.48. The van der Waals surface area contributed by atoms with Crippen molar-refractivity contribution in [1.29, 1.82) is 0 Å². The van der Waals surface area contributed by atoms with Crippen LogP contribution in [-0.4, -0.2) is 15.5 Å². The molecule has 1 N–H and O–H groups in total. The first-order valence-corrected chi connectivity index (χ1v) is 10.1. The van der Waals surface area contributed by atoms with Crippen LogP contribution in [0.15, 0.2) is 48.5 Å². The lowest BCUT2D eigenvalue weighted by atomic mass is 9.98. The molecule has 0 radical (unpaired) electrons. The number of ether oxygens (including phenoxy) is 1. The minimum Gasteiger partial charge on any atom is -0.497 e. The first-order chi connectivity index (χ1) is 11.8. The molecule has 0 bridgehead atoms. The smallest absolute Gasteiger partial charge is 0.216 e. The molecule has 2 rings (SSSR count). The lowest BCUT2D eigenvalue weighted by Crippen LogP contribution is -2.30. The van der Waals surface area contributed by atoms with E-state index in [2.05, 4.69) is 18.6 Å². The van der Waals surface area contributed by atoms with Crippen LogP contribution in [0.5, 0.6) is 5.75 Å². The minimum atomic E-state index is -3.44. The molecule has 1 atom stereocenters. The van der Waals surface area contributed by atoms with Crippen molar-refractivity contribution in [2.24, 2.45) is 5.92 Å². The molecule has 5 heteroatoms. The summed E-state index contributed by atoms with van der Waals surface area (Å²) >= 11 is 0. The average Bonchev–Trinajstić information content (AvgIpc) is 2.53. The van der Waals surface area contributed by atoms with Crippen LogP contribution in [0, 0.1) is 12.8 Å². The average molecular weight is 362 g/mol. The van der Waals surface area contributed by atoms with Crippen LogP contribution in [0.4, 0.5) is 0 Å². The summed E-state index contributed by atoms with van der Waals surface area (Å²) in [6.45, 7) is 6.14. The van der Waals surface area contributed by atoms with Gasteiger partial charge in [-0.2, -0.15) is 0 Å². The standard InChI is InChI=1S/C20H27NO3S/c1-15(2)12-20(18-8-10-19(24-4)11-9-18)21-25(22,23)14-17-7-5-6-16(3)13-17/h5-11,13,15,20-21H,12,14H2,1-4H3. The minimum absolute atomic E-state index is 0.0145. The van der Waals surface area contributed by atoms with Gasteiger partial charge in [0.15, 0.2) is 0 Å². The molecule has 0 aromatic heterocycles. The predicted octanol–water partition coefficient (Wildman–Crippen LogP) is 4.21. The van der Waals surface area contributed by atoms with E-state index in [1.165, 1.54) is 0 Å². The highest BCUT2D eigenvalue weighted by Gasteiger charge is 2.21. The molecular formula is C20H27NO3S. The van der Waals surface area contributed by atoms with Crippen LogP contribution in [-0.2, 0) is 15.8 Å². The molecule has 0 amide bonds. The van der Waals surface area contributed by atoms with E-state index in [4.69, 9.17) is 4.74 Å². The number of sulfonamides is 1. The quantitative estimate of drug-likeness (QED) is 0.766. The zero-order chi connectivity index (χ0) is 18.4. The van der Waals surface area contributed by atoms with Gasteiger partial charge in [0, 0.05) is 6.04 Å². The number of nitrogens with one attached hydrogen (secondary N) is 1. The molecule has 0 saturated heterocycles. The molecule has 0 fully saturated rings. The molecule has 0 aliphatic heterocycles. The molecule has 25 heavy (non-hydrogen) atoms. The van der Waals surface area contributed by atoms with E-state index < -0.39 is 10.0 Å². The zero-order valence-corrected chi connectivity index (χ0v) is 16.1. The zero-order valence-electron chi connectivity index (χ0n) is 15.3.